The van der Waals surface area contributed by atoms with Crippen molar-refractivity contribution in [3.63, 3.8) is 0 Å². The molecule has 94 valence electrons. The van der Waals surface area contributed by atoms with E-state index in [-0.39, 0.29) is 11.9 Å². The van der Waals surface area contributed by atoms with Gasteiger partial charge in [0.25, 0.3) is 0 Å². The smallest absolute Gasteiger partial charge is 0.131 e. The maximum atomic E-state index is 13.8. The van der Waals surface area contributed by atoms with Crippen LogP contribution in [0.15, 0.2) is 18.2 Å². The molecular weight excluding hydrogens is 219 g/mol. The molecule has 17 heavy (non-hydrogen) atoms. The number of halogens is 1. The van der Waals surface area contributed by atoms with Gasteiger partial charge in [0.1, 0.15) is 11.6 Å². The monoisotopic (exact) mass is 238 g/mol. The Labute approximate surface area is 101 Å². The van der Waals surface area contributed by atoms with Crippen LogP contribution in [0.1, 0.15) is 18.4 Å². The van der Waals surface area contributed by atoms with Gasteiger partial charge in [-0.15, -0.1) is 0 Å². The number of likely N-dealkylation sites (tertiary alicyclic amines) is 1. The Bertz CT molecular complexity index is 384. The minimum absolute atomic E-state index is 0.205. The maximum Gasteiger partial charge on any atom is 0.131 e. The van der Waals surface area contributed by atoms with Gasteiger partial charge in [0.15, 0.2) is 0 Å². The molecule has 0 aliphatic carbocycles. The van der Waals surface area contributed by atoms with Crippen LogP contribution in [0.4, 0.5) is 4.39 Å². The van der Waals surface area contributed by atoms with Crippen LogP contribution in [0.2, 0.25) is 0 Å². The van der Waals surface area contributed by atoms with Crippen LogP contribution in [0.3, 0.4) is 0 Å². The number of ether oxygens (including phenoxy) is 1. The van der Waals surface area contributed by atoms with Crippen LogP contribution < -0.4 is 10.5 Å². The van der Waals surface area contributed by atoms with Gasteiger partial charge in [-0.25, -0.2) is 4.39 Å². The van der Waals surface area contributed by atoms with Gasteiger partial charge in [-0.3, -0.25) is 4.90 Å². The normalized spacial score (nSPS) is 21.5. The van der Waals surface area contributed by atoms with Gasteiger partial charge in [0.2, 0.25) is 0 Å². The maximum absolute atomic E-state index is 13.8. The number of nitrogens with two attached hydrogens (primary N) is 1. The number of hydrogen-bond donors (Lipinski definition) is 1. The second-order valence-electron chi connectivity index (χ2n) is 4.56. The first-order valence-corrected chi connectivity index (χ1v) is 6.00. The van der Waals surface area contributed by atoms with E-state index in [9.17, 15) is 4.39 Å². The van der Waals surface area contributed by atoms with Crippen molar-refractivity contribution in [2.75, 3.05) is 20.2 Å². The third kappa shape index (κ3) is 2.96. The molecule has 4 heteroatoms. The fourth-order valence-corrected chi connectivity index (χ4v) is 2.34. The molecule has 0 saturated carbocycles. The van der Waals surface area contributed by atoms with E-state index in [0.717, 1.165) is 25.9 Å². The van der Waals surface area contributed by atoms with Crippen molar-refractivity contribution in [1.82, 2.24) is 4.90 Å². The third-order valence-electron chi connectivity index (χ3n) is 3.22. The van der Waals surface area contributed by atoms with Crippen molar-refractivity contribution >= 4 is 0 Å². The average molecular weight is 238 g/mol. The lowest BCUT2D eigenvalue weighted by atomic mass is 10.1. The Morgan fingerprint density at radius 3 is 3.06 bits per heavy atom. The van der Waals surface area contributed by atoms with Crippen molar-refractivity contribution in [2.24, 2.45) is 5.73 Å². The van der Waals surface area contributed by atoms with E-state index in [4.69, 9.17) is 10.5 Å². The van der Waals surface area contributed by atoms with Crippen LogP contribution in [0.5, 0.6) is 5.75 Å². The molecular formula is C13H19FN2O. The highest BCUT2D eigenvalue weighted by Gasteiger charge is 2.19. The highest BCUT2D eigenvalue weighted by molar-refractivity contribution is 5.34. The molecule has 1 unspecified atom stereocenters. The number of methoxy groups -OCH3 is 1. The van der Waals surface area contributed by atoms with Crippen molar-refractivity contribution in [1.29, 1.82) is 0 Å². The molecule has 0 amide bonds. The Kier molecular flexibility index (Phi) is 3.97. The lowest BCUT2D eigenvalue weighted by Crippen LogP contribution is -2.42. The first kappa shape index (κ1) is 12.3. The van der Waals surface area contributed by atoms with Gasteiger partial charge in [0.05, 0.1) is 7.11 Å². The van der Waals surface area contributed by atoms with Gasteiger partial charge in [-0.1, -0.05) is 6.07 Å². The summed E-state index contributed by atoms with van der Waals surface area (Å²) in [5.41, 5.74) is 6.55. The van der Waals surface area contributed by atoms with Gasteiger partial charge in [0, 0.05) is 24.7 Å². The highest BCUT2D eigenvalue weighted by atomic mass is 19.1. The molecule has 1 atom stereocenters. The Morgan fingerprint density at radius 1 is 1.53 bits per heavy atom. The fraction of sp³-hybridized carbons (Fsp3) is 0.538. The third-order valence-corrected chi connectivity index (χ3v) is 3.22. The molecule has 1 fully saturated rings. The minimum atomic E-state index is -0.205. The molecule has 1 saturated heterocycles. The zero-order chi connectivity index (χ0) is 12.3. The summed E-state index contributed by atoms with van der Waals surface area (Å²) in [4.78, 5) is 2.19. The predicted molar refractivity (Wildman–Crippen MR) is 65.4 cm³/mol. The summed E-state index contributed by atoms with van der Waals surface area (Å²) in [6, 6.07) is 5.14. The van der Waals surface area contributed by atoms with E-state index in [0.29, 0.717) is 17.9 Å². The number of hydrogen-bond acceptors (Lipinski definition) is 3. The standard InChI is InChI=1S/C13H19FN2O/c1-17-13-6-2-5-12(14)11(13)9-16-7-3-4-10(15)8-16/h2,5-6,10H,3-4,7-9,15H2,1H3. The Balaban J connectivity index is 2.12. The van der Waals surface area contributed by atoms with E-state index >= 15 is 0 Å². The highest BCUT2D eigenvalue weighted by Crippen LogP contribution is 2.24. The summed E-state index contributed by atoms with van der Waals surface area (Å²) < 4.78 is 18.9. The lowest BCUT2D eigenvalue weighted by molar-refractivity contribution is 0.197. The zero-order valence-corrected chi connectivity index (χ0v) is 10.2. The molecule has 3 nitrogen and oxygen atoms in total. The van der Waals surface area contributed by atoms with Crippen molar-refractivity contribution in [3.05, 3.63) is 29.6 Å². The van der Waals surface area contributed by atoms with Crippen LogP contribution >= 0.6 is 0 Å². The van der Waals surface area contributed by atoms with Crippen LogP contribution in [-0.4, -0.2) is 31.1 Å². The number of rotatable bonds is 3. The molecule has 1 aromatic rings. The zero-order valence-electron chi connectivity index (χ0n) is 10.2. The molecule has 1 aromatic carbocycles. The minimum Gasteiger partial charge on any atom is -0.496 e. The summed E-state index contributed by atoms with van der Waals surface area (Å²) >= 11 is 0. The molecule has 0 bridgehead atoms. The summed E-state index contributed by atoms with van der Waals surface area (Å²) in [5.74, 6) is 0.410. The second kappa shape index (κ2) is 5.47. The van der Waals surface area contributed by atoms with Crippen LogP contribution in [0.25, 0.3) is 0 Å². The van der Waals surface area contributed by atoms with Crippen molar-refractivity contribution in [3.8, 4) is 5.75 Å². The van der Waals surface area contributed by atoms with Crippen molar-refractivity contribution in [2.45, 2.75) is 25.4 Å². The number of piperidine rings is 1. The number of benzene rings is 1. The molecule has 1 aliphatic heterocycles. The SMILES string of the molecule is COc1cccc(F)c1CN1CCCC(N)C1. The topological polar surface area (TPSA) is 38.5 Å². The van der Waals surface area contributed by atoms with Crippen LogP contribution in [0, 0.1) is 5.82 Å². The Hall–Kier alpha value is -1.13. The summed E-state index contributed by atoms with van der Waals surface area (Å²) in [6.45, 7) is 2.38. The fourth-order valence-electron chi connectivity index (χ4n) is 2.34. The summed E-state index contributed by atoms with van der Waals surface area (Å²) in [6.07, 6.45) is 2.14. The molecule has 0 spiro atoms. The molecule has 1 aliphatic rings. The largest absolute Gasteiger partial charge is 0.496 e. The molecule has 2 rings (SSSR count). The van der Waals surface area contributed by atoms with Gasteiger partial charge in [-0.2, -0.15) is 0 Å². The van der Waals surface area contributed by atoms with E-state index in [2.05, 4.69) is 4.90 Å². The van der Waals surface area contributed by atoms with E-state index in [1.807, 2.05) is 0 Å². The quantitative estimate of drug-likeness (QED) is 0.872. The van der Waals surface area contributed by atoms with Crippen molar-refractivity contribution < 1.29 is 9.13 Å². The van der Waals surface area contributed by atoms with Gasteiger partial charge in [-0.05, 0) is 31.5 Å². The first-order chi connectivity index (χ1) is 8.20. The van der Waals surface area contributed by atoms with Crippen LogP contribution in [-0.2, 0) is 6.54 Å². The predicted octanol–water partition coefficient (Wildman–Crippen LogP) is 1.76. The Morgan fingerprint density at radius 2 is 2.35 bits per heavy atom. The second-order valence-corrected chi connectivity index (χ2v) is 4.56. The average Bonchev–Trinajstić information content (AvgIpc) is 2.32. The first-order valence-electron chi connectivity index (χ1n) is 6.00. The number of nitrogens with zero attached hydrogens (tertiary/aromatic N) is 1. The molecule has 0 aromatic heterocycles. The van der Waals surface area contributed by atoms with E-state index in [1.165, 1.54) is 6.07 Å². The molecule has 2 N–H and O–H groups in total. The molecule has 1 heterocycles. The van der Waals surface area contributed by atoms with Gasteiger partial charge >= 0.3 is 0 Å². The molecule has 0 radical (unpaired) electrons. The van der Waals surface area contributed by atoms with E-state index < -0.39 is 0 Å². The lowest BCUT2D eigenvalue weighted by Gasteiger charge is -2.31. The van der Waals surface area contributed by atoms with E-state index in [1.54, 1.807) is 19.2 Å². The van der Waals surface area contributed by atoms with Gasteiger partial charge < -0.3 is 10.5 Å². The summed E-state index contributed by atoms with van der Waals surface area (Å²) in [5, 5.41) is 0. The summed E-state index contributed by atoms with van der Waals surface area (Å²) in [7, 11) is 1.57.